The van der Waals surface area contributed by atoms with Crippen molar-refractivity contribution in [1.29, 1.82) is 0 Å². The fraction of sp³-hybridized carbons (Fsp3) is 0.691. The van der Waals surface area contributed by atoms with Crippen LogP contribution in [-0.2, 0) is 28.6 Å². The lowest BCUT2D eigenvalue weighted by molar-refractivity contribution is -0.167. The van der Waals surface area contributed by atoms with E-state index >= 15 is 0 Å². The van der Waals surface area contributed by atoms with Gasteiger partial charge in [0, 0.05) is 19.3 Å². The zero-order valence-corrected chi connectivity index (χ0v) is 48.3. The van der Waals surface area contributed by atoms with Gasteiger partial charge in [0.2, 0.25) is 0 Å². The second kappa shape index (κ2) is 61.6. The van der Waals surface area contributed by atoms with E-state index in [1.54, 1.807) is 0 Å². The molecule has 422 valence electrons. The standard InChI is InChI=1S/C68H114O6/c1-4-7-10-13-16-19-22-24-26-28-30-32-33-34-35-37-38-40-42-44-46-49-52-55-58-61-67(70)73-64-65(63-72-66(69)60-57-54-51-48-21-18-15-12-9-6-3)74-68(71)62-59-56-53-50-47-45-43-41-39-36-31-29-27-25-23-20-17-14-11-8-5-2/h7,10,12,15-16,19,24,26,29-32,34-35,38,40,44,46,65H,4-6,8-9,11,13-14,17-18,20-23,25,27-28,33,36-37,39,41-43,45,47-64H2,1-3H3/b10-7-,15-12-,19-16-,26-24-,31-29-,32-30-,35-34-,40-38-,46-44-. The topological polar surface area (TPSA) is 78.9 Å². The van der Waals surface area contributed by atoms with Crippen molar-refractivity contribution in [3.8, 4) is 0 Å². The summed E-state index contributed by atoms with van der Waals surface area (Å²) >= 11 is 0. The smallest absolute Gasteiger partial charge is 0.306 e. The number of carbonyl (C=O) groups is 3. The van der Waals surface area contributed by atoms with Gasteiger partial charge in [-0.25, -0.2) is 0 Å². The molecule has 6 nitrogen and oxygen atoms in total. The van der Waals surface area contributed by atoms with E-state index < -0.39 is 6.10 Å². The maximum atomic E-state index is 12.9. The molecule has 0 saturated heterocycles. The van der Waals surface area contributed by atoms with E-state index in [0.29, 0.717) is 19.3 Å². The zero-order valence-electron chi connectivity index (χ0n) is 48.3. The van der Waals surface area contributed by atoms with Crippen LogP contribution in [0.15, 0.2) is 109 Å². The Morgan fingerprint density at radius 2 is 0.554 bits per heavy atom. The molecule has 0 aliphatic heterocycles. The molecule has 1 unspecified atom stereocenters. The lowest BCUT2D eigenvalue weighted by Gasteiger charge is -2.18. The molecule has 6 heteroatoms. The maximum absolute atomic E-state index is 12.9. The average Bonchev–Trinajstić information content (AvgIpc) is 3.40. The van der Waals surface area contributed by atoms with Crippen LogP contribution >= 0.6 is 0 Å². The minimum Gasteiger partial charge on any atom is -0.462 e. The number of carbonyl (C=O) groups excluding carboxylic acids is 3. The van der Waals surface area contributed by atoms with E-state index in [-0.39, 0.29) is 31.1 Å². The highest BCUT2D eigenvalue weighted by molar-refractivity contribution is 5.71. The number of allylic oxidation sites excluding steroid dienone is 18. The highest BCUT2D eigenvalue weighted by Crippen LogP contribution is 2.15. The fourth-order valence-electron chi connectivity index (χ4n) is 8.36. The minimum atomic E-state index is -0.798. The molecule has 0 aliphatic rings. The van der Waals surface area contributed by atoms with Crippen molar-refractivity contribution in [2.45, 2.75) is 290 Å². The number of esters is 3. The molecular formula is C68H114O6. The molecular weight excluding hydrogens is 913 g/mol. The molecule has 74 heavy (non-hydrogen) atoms. The summed E-state index contributed by atoms with van der Waals surface area (Å²) in [6.07, 6.45) is 83.8. The van der Waals surface area contributed by atoms with Crippen molar-refractivity contribution in [3.63, 3.8) is 0 Å². The van der Waals surface area contributed by atoms with Crippen LogP contribution < -0.4 is 0 Å². The fourth-order valence-corrected chi connectivity index (χ4v) is 8.36. The molecule has 0 amide bonds. The second-order valence-electron chi connectivity index (χ2n) is 20.2. The predicted octanol–water partition coefficient (Wildman–Crippen LogP) is 21.0. The monoisotopic (exact) mass is 1030 g/mol. The van der Waals surface area contributed by atoms with E-state index in [4.69, 9.17) is 14.2 Å². The summed E-state index contributed by atoms with van der Waals surface area (Å²) in [4.78, 5) is 38.2. The summed E-state index contributed by atoms with van der Waals surface area (Å²) in [6.45, 7) is 6.44. The van der Waals surface area contributed by atoms with Gasteiger partial charge in [-0.1, -0.05) is 252 Å². The van der Waals surface area contributed by atoms with Gasteiger partial charge in [0.25, 0.3) is 0 Å². The Balaban J connectivity index is 4.36. The molecule has 0 saturated carbocycles. The molecule has 0 aromatic rings. The SMILES string of the molecule is CC/C=C\C/C=C\C/C=C\C/C=C\C/C=C\C/C=C\C/C=C\CCCCCC(=O)OCC(COC(=O)CCCCCCC/C=C\CCC)OC(=O)CCCCCCCCCCC/C=C\CCCCCCCCCC. The highest BCUT2D eigenvalue weighted by atomic mass is 16.6. The Hall–Kier alpha value is -3.93. The van der Waals surface area contributed by atoms with E-state index in [0.717, 1.165) is 128 Å². The molecule has 0 bridgehead atoms. The van der Waals surface area contributed by atoms with Crippen LogP contribution in [0.3, 0.4) is 0 Å². The molecule has 1 atom stereocenters. The summed E-state index contributed by atoms with van der Waals surface area (Å²) in [5.41, 5.74) is 0. The third-order valence-corrected chi connectivity index (χ3v) is 13.0. The van der Waals surface area contributed by atoms with Crippen LogP contribution in [0.4, 0.5) is 0 Å². The van der Waals surface area contributed by atoms with Crippen molar-refractivity contribution in [1.82, 2.24) is 0 Å². The van der Waals surface area contributed by atoms with Gasteiger partial charge in [-0.15, -0.1) is 0 Å². The van der Waals surface area contributed by atoms with Crippen molar-refractivity contribution in [3.05, 3.63) is 109 Å². The number of unbranched alkanes of at least 4 members (excludes halogenated alkanes) is 26. The molecule has 0 aromatic heterocycles. The Morgan fingerprint density at radius 1 is 0.284 bits per heavy atom. The van der Waals surface area contributed by atoms with Gasteiger partial charge >= 0.3 is 17.9 Å². The summed E-state index contributed by atoms with van der Waals surface area (Å²) < 4.78 is 16.8. The second-order valence-corrected chi connectivity index (χ2v) is 20.2. The van der Waals surface area contributed by atoms with Crippen molar-refractivity contribution >= 4 is 17.9 Å². The highest BCUT2D eigenvalue weighted by Gasteiger charge is 2.19. The van der Waals surface area contributed by atoms with Gasteiger partial charge in [-0.3, -0.25) is 14.4 Å². The van der Waals surface area contributed by atoms with E-state index in [2.05, 4.69) is 130 Å². The van der Waals surface area contributed by atoms with Crippen LogP contribution in [0.1, 0.15) is 284 Å². The summed E-state index contributed by atoms with van der Waals surface area (Å²) in [6, 6.07) is 0. The largest absolute Gasteiger partial charge is 0.462 e. The summed E-state index contributed by atoms with van der Waals surface area (Å²) in [7, 11) is 0. The summed E-state index contributed by atoms with van der Waals surface area (Å²) in [5, 5.41) is 0. The van der Waals surface area contributed by atoms with Crippen molar-refractivity contribution < 1.29 is 28.6 Å². The van der Waals surface area contributed by atoms with Gasteiger partial charge in [0.1, 0.15) is 13.2 Å². The van der Waals surface area contributed by atoms with E-state index in [1.807, 2.05) is 0 Å². The van der Waals surface area contributed by atoms with Gasteiger partial charge in [0.15, 0.2) is 6.10 Å². The first-order valence-electron chi connectivity index (χ1n) is 30.9. The third-order valence-electron chi connectivity index (χ3n) is 13.0. The zero-order chi connectivity index (χ0) is 53.6. The Morgan fingerprint density at radius 3 is 0.905 bits per heavy atom. The average molecular weight is 1030 g/mol. The molecule has 0 fully saturated rings. The van der Waals surface area contributed by atoms with E-state index in [9.17, 15) is 14.4 Å². The number of hydrogen-bond acceptors (Lipinski definition) is 6. The molecule has 0 heterocycles. The first kappa shape index (κ1) is 70.1. The Bertz CT molecular complexity index is 1510. The predicted molar refractivity (Wildman–Crippen MR) is 320 cm³/mol. The maximum Gasteiger partial charge on any atom is 0.306 e. The number of hydrogen-bond donors (Lipinski definition) is 0. The van der Waals surface area contributed by atoms with Crippen molar-refractivity contribution in [2.24, 2.45) is 0 Å². The Labute approximate surface area is 457 Å². The first-order chi connectivity index (χ1) is 36.5. The van der Waals surface area contributed by atoms with Gasteiger partial charge in [-0.2, -0.15) is 0 Å². The molecule has 0 spiro atoms. The van der Waals surface area contributed by atoms with Gasteiger partial charge in [-0.05, 0) is 122 Å². The van der Waals surface area contributed by atoms with E-state index in [1.165, 1.54) is 116 Å². The van der Waals surface area contributed by atoms with Crippen LogP contribution in [-0.4, -0.2) is 37.2 Å². The normalized spacial score (nSPS) is 12.9. The molecule has 0 rings (SSSR count). The Kier molecular flexibility index (Phi) is 58.3. The van der Waals surface area contributed by atoms with Crippen LogP contribution in [0, 0.1) is 0 Å². The lowest BCUT2D eigenvalue weighted by Crippen LogP contribution is -2.30. The van der Waals surface area contributed by atoms with Gasteiger partial charge < -0.3 is 14.2 Å². The molecule has 0 radical (unpaired) electrons. The molecule has 0 N–H and O–H groups in total. The quantitative estimate of drug-likeness (QED) is 0.0261. The first-order valence-corrected chi connectivity index (χ1v) is 30.9. The van der Waals surface area contributed by atoms with Gasteiger partial charge in [0.05, 0.1) is 0 Å². The summed E-state index contributed by atoms with van der Waals surface area (Å²) in [5.74, 6) is -0.938. The van der Waals surface area contributed by atoms with Crippen LogP contribution in [0.25, 0.3) is 0 Å². The minimum absolute atomic E-state index is 0.0948. The van der Waals surface area contributed by atoms with Crippen molar-refractivity contribution in [2.75, 3.05) is 13.2 Å². The number of rotatable bonds is 55. The van der Waals surface area contributed by atoms with Crippen LogP contribution in [0.5, 0.6) is 0 Å². The van der Waals surface area contributed by atoms with Crippen LogP contribution in [0.2, 0.25) is 0 Å². The molecule has 0 aromatic carbocycles. The third kappa shape index (κ3) is 59.0. The molecule has 0 aliphatic carbocycles. The lowest BCUT2D eigenvalue weighted by atomic mass is 10.1. The number of ether oxygens (including phenoxy) is 3.